The molecule has 1 aromatic carbocycles. The molecule has 0 fully saturated rings. The summed E-state index contributed by atoms with van der Waals surface area (Å²) in [5.41, 5.74) is 1.41. The lowest BCUT2D eigenvalue weighted by Gasteiger charge is -2.13. The Kier molecular flexibility index (Phi) is 4.54. The van der Waals surface area contributed by atoms with Crippen molar-refractivity contribution in [3.63, 3.8) is 0 Å². The number of nitrogens with zero attached hydrogens (tertiary/aromatic N) is 1. The number of benzene rings is 1. The third-order valence-electron chi connectivity index (χ3n) is 2.35. The van der Waals surface area contributed by atoms with Crippen LogP contribution < -0.4 is 4.72 Å². The van der Waals surface area contributed by atoms with Gasteiger partial charge in [-0.2, -0.15) is 5.26 Å². The first-order chi connectivity index (χ1) is 7.90. The number of halogens is 1. The van der Waals surface area contributed by atoms with Gasteiger partial charge in [-0.05, 0) is 37.1 Å². The fourth-order valence-electron chi connectivity index (χ4n) is 1.27. The number of anilines is 1. The van der Waals surface area contributed by atoms with Gasteiger partial charge in [0.1, 0.15) is 0 Å². The molecule has 0 amide bonds. The predicted molar refractivity (Wildman–Crippen MR) is 71.1 cm³/mol. The van der Waals surface area contributed by atoms with E-state index in [-0.39, 0.29) is 0 Å². The van der Waals surface area contributed by atoms with E-state index in [0.29, 0.717) is 12.1 Å². The van der Waals surface area contributed by atoms with Gasteiger partial charge in [0.15, 0.2) is 5.25 Å². The van der Waals surface area contributed by atoms with Crippen LogP contribution >= 0.6 is 15.9 Å². The minimum atomic E-state index is -3.64. The van der Waals surface area contributed by atoms with Crippen LogP contribution in [-0.4, -0.2) is 13.7 Å². The van der Waals surface area contributed by atoms with Gasteiger partial charge >= 0.3 is 0 Å². The zero-order valence-corrected chi connectivity index (χ0v) is 12.0. The van der Waals surface area contributed by atoms with Crippen LogP contribution in [0.4, 0.5) is 5.69 Å². The normalized spacial score (nSPS) is 12.8. The van der Waals surface area contributed by atoms with Gasteiger partial charge in [0.2, 0.25) is 10.0 Å². The Morgan fingerprint density at radius 2 is 2.18 bits per heavy atom. The first-order valence-electron chi connectivity index (χ1n) is 5.10. The quantitative estimate of drug-likeness (QED) is 0.928. The monoisotopic (exact) mass is 316 g/mol. The highest BCUT2D eigenvalue weighted by Gasteiger charge is 2.20. The van der Waals surface area contributed by atoms with Gasteiger partial charge in [-0.3, -0.25) is 4.72 Å². The van der Waals surface area contributed by atoms with Crippen LogP contribution in [0, 0.1) is 11.3 Å². The van der Waals surface area contributed by atoms with Crippen molar-refractivity contribution >= 4 is 31.6 Å². The summed E-state index contributed by atoms with van der Waals surface area (Å²) in [6.45, 7) is 3.29. The molecule has 17 heavy (non-hydrogen) atoms. The highest BCUT2D eigenvalue weighted by molar-refractivity contribution is 9.10. The second kappa shape index (κ2) is 5.52. The molecule has 0 aliphatic heterocycles. The van der Waals surface area contributed by atoms with Crippen molar-refractivity contribution in [3.8, 4) is 6.07 Å². The largest absolute Gasteiger partial charge is 0.282 e. The molecule has 0 saturated heterocycles. The second-order valence-corrected chi connectivity index (χ2v) is 6.49. The molecule has 6 heteroatoms. The molecule has 0 bridgehead atoms. The fourth-order valence-corrected chi connectivity index (χ4v) is 2.50. The Labute approximate surface area is 110 Å². The van der Waals surface area contributed by atoms with Gasteiger partial charge in [0.25, 0.3) is 0 Å². The third kappa shape index (κ3) is 3.45. The van der Waals surface area contributed by atoms with E-state index < -0.39 is 15.3 Å². The second-order valence-electron chi connectivity index (χ2n) is 3.57. The Bertz CT molecular complexity index is 549. The van der Waals surface area contributed by atoms with Crippen LogP contribution in [0.5, 0.6) is 0 Å². The van der Waals surface area contributed by atoms with Crippen molar-refractivity contribution < 1.29 is 8.42 Å². The van der Waals surface area contributed by atoms with Crippen LogP contribution in [0.2, 0.25) is 0 Å². The average Bonchev–Trinajstić information content (AvgIpc) is 2.30. The Morgan fingerprint density at radius 1 is 1.53 bits per heavy atom. The molecule has 92 valence electrons. The summed E-state index contributed by atoms with van der Waals surface area (Å²) in [5.74, 6) is 0. The van der Waals surface area contributed by atoms with E-state index in [0.717, 1.165) is 10.0 Å². The standard InChI is InChI=1S/C11H13BrN2O2S/c1-3-9-6-10(12)4-5-11(9)14-17(15,16)8(2)7-13/h4-6,8,14H,3H2,1-2H3. The maximum atomic E-state index is 11.7. The van der Waals surface area contributed by atoms with Crippen LogP contribution in [0.3, 0.4) is 0 Å². The number of nitrogens with one attached hydrogen (secondary N) is 1. The summed E-state index contributed by atoms with van der Waals surface area (Å²) < 4.78 is 26.8. The molecule has 0 heterocycles. The Morgan fingerprint density at radius 3 is 2.71 bits per heavy atom. The highest BCUT2D eigenvalue weighted by Crippen LogP contribution is 2.23. The maximum Gasteiger partial charge on any atom is 0.248 e. The molecule has 4 nitrogen and oxygen atoms in total. The molecular weight excluding hydrogens is 304 g/mol. The van der Waals surface area contributed by atoms with E-state index in [1.54, 1.807) is 18.2 Å². The smallest absolute Gasteiger partial charge is 0.248 e. The van der Waals surface area contributed by atoms with Crippen LogP contribution in [-0.2, 0) is 16.4 Å². The molecule has 1 unspecified atom stereocenters. The van der Waals surface area contributed by atoms with Gasteiger partial charge in [0.05, 0.1) is 11.8 Å². The minimum Gasteiger partial charge on any atom is -0.282 e. The topological polar surface area (TPSA) is 70.0 Å². The van der Waals surface area contributed by atoms with Crippen molar-refractivity contribution in [2.75, 3.05) is 4.72 Å². The van der Waals surface area contributed by atoms with Crippen molar-refractivity contribution in [3.05, 3.63) is 28.2 Å². The van der Waals surface area contributed by atoms with Gasteiger partial charge < -0.3 is 0 Å². The lowest BCUT2D eigenvalue weighted by atomic mass is 10.1. The molecule has 0 aliphatic carbocycles. The number of hydrogen-bond donors (Lipinski definition) is 1. The highest BCUT2D eigenvalue weighted by atomic mass is 79.9. The number of aryl methyl sites for hydroxylation is 1. The summed E-state index contributed by atoms with van der Waals surface area (Å²) in [5, 5.41) is 7.57. The summed E-state index contributed by atoms with van der Waals surface area (Å²) in [6, 6.07) is 7.01. The first kappa shape index (κ1) is 14.0. The molecule has 1 aromatic rings. The van der Waals surface area contributed by atoms with Crippen LogP contribution in [0.1, 0.15) is 19.4 Å². The number of hydrogen-bond acceptors (Lipinski definition) is 3. The van der Waals surface area contributed by atoms with E-state index in [1.165, 1.54) is 6.92 Å². The molecule has 0 spiro atoms. The molecule has 0 aliphatic rings. The lowest BCUT2D eigenvalue weighted by Crippen LogP contribution is -2.24. The maximum absolute atomic E-state index is 11.7. The zero-order valence-electron chi connectivity index (χ0n) is 9.57. The van der Waals surface area contributed by atoms with Gasteiger partial charge in [0, 0.05) is 4.47 Å². The molecule has 1 atom stereocenters. The Balaban J connectivity index is 3.09. The van der Waals surface area contributed by atoms with Gasteiger partial charge in [-0.15, -0.1) is 0 Å². The van der Waals surface area contributed by atoms with Gasteiger partial charge in [-0.1, -0.05) is 22.9 Å². The molecule has 0 aromatic heterocycles. The van der Waals surface area contributed by atoms with E-state index >= 15 is 0 Å². The van der Waals surface area contributed by atoms with E-state index in [4.69, 9.17) is 5.26 Å². The summed E-state index contributed by atoms with van der Waals surface area (Å²) in [4.78, 5) is 0. The number of sulfonamides is 1. The summed E-state index contributed by atoms with van der Waals surface area (Å²) >= 11 is 3.33. The van der Waals surface area contributed by atoms with Gasteiger partial charge in [-0.25, -0.2) is 8.42 Å². The average molecular weight is 317 g/mol. The Hall–Kier alpha value is -1.06. The zero-order chi connectivity index (χ0) is 13.1. The number of nitriles is 1. The van der Waals surface area contributed by atoms with Crippen LogP contribution in [0.25, 0.3) is 0 Å². The summed E-state index contributed by atoms with van der Waals surface area (Å²) in [6.07, 6.45) is 0.707. The molecule has 0 saturated carbocycles. The van der Waals surface area contributed by atoms with E-state index in [9.17, 15) is 8.42 Å². The first-order valence-corrected chi connectivity index (χ1v) is 7.44. The molecular formula is C11H13BrN2O2S. The lowest BCUT2D eigenvalue weighted by molar-refractivity contribution is 0.597. The van der Waals surface area contributed by atoms with Crippen molar-refractivity contribution in [1.29, 1.82) is 5.26 Å². The van der Waals surface area contributed by atoms with Crippen molar-refractivity contribution in [2.24, 2.45) is 0 Å². The molecule has 0 radical (unpaired) electrons. The number of rotatable bonds is 4. The molecule has 1 N–H and O–H groups in total. The summed E-state index contributed by atoms with van der Waals surface area (Å²) in [7, 11) is -3.64. The predicted octanol–water partition coefficient (Wildman–Crippen LogP) is 2.67. The third-order valence-corrected chi connectivity index (χ3v) is 4.38. The SMILES string of the molecule is CCc1cc(Br)ccc1NS(=O)(=O)C(C)C#N. The van der Waals surface area contributed by atoms with E-state index in [2.05, 4.69) is 20.7 Å². The molecule has 1 rings (SSSR count). The van der Waals surface area contributed by atoms with Crippen molar-refractivity contribution in [1.82, 2.24) is 0 Å². The minimum absolute atomic E-state index is 0.526. The van der Waals surface area contributed by atoms with Crippen LogP contribution in [0.15, 0.2) is 22.7 Å². The van der Waals surface area contributed by atoms with E-state index in [1.807, 2.05) is 13.0 Å². The van der Waals surface area contributed by atoms with Crippen molar-refractivity contribution in [2.45, 2.75) is 25.5 Å². The fraction of sp³-hybridized carbons (Fsp3) is 0.364.